The third-order valence-electron chi connectivity index (χ3n) is 8.02. The molecule has 0 aromatic heterocycles. The van der Waals surface area contributed by atoms with Gasteiger partial charge in [-0.25, -0.2) is 4.39 Å². The third kappa shape index (κ3) is 4.89. The van der Waals surface area contributed by atoms with Crippen molar-refractivity contribution in [1.82, 2.24) is 0 Å². The Hall–Kier alpha value is -3.02. The maximum Gasteiger partial charge on any atom is 0.123 e. The van der Waals surface area contributed by atoms with Gasteiger partial charge in [0, 0.05) is 35.1 Å². The first-order valence-electron chi connectivity index (χ1n) is 12.7. The Bertz CT molecular complexity index is 1160. The molecular formula is C30H34FN3O. The molecule has 0 aliphatic heterocycles. The van der Waals surface area contributed by atoms with E-state index in [9.17, 15) is 4.39 Å². The first-order valence-corrected chi connectivity index (χ1v) is 12.7. The lowest BCUT2D eigenvalue weighted by Crippen LogP contribution is -2.47. The number of ether oxygens (including phenoxy) is 1. The highest BCUT2D eigenvalue weighted by Gasteiger charge is 2.46. The lowest BCUT2D eigenvalue weighted by molar-refractivity contribution is -0.0218. The number of rotatable bonds is 7. The summed E-state index contributed by atoms with van der Waals surface area (Å²) in [7, 11) is 0. The van der Waals surface area contributed by atoms with Gasteiger partial charge in [0.25, 0.3) is 0 Å². The molecule has 3 atom stereocenters. The van der Waals surface area contributed by atoms with Crippen molar-refractivity contribution in [3.8, 4) is 0 Å². The van der Waals surface area contributed by atoms with Crippen molar-refractivity contribution < 1.29 is 9.13 Å². The van der Waals surface area contributed by atoms with Crippen molar-refractivity contribution in [2.45, 2.75) is 56.7 Å². The molecule has 0 spiro atoms. The normalized spacial score (nSPS) is 23.6. The Kier molecular flexibility index (Phi) is 6.98. The molecule has 0 heterocycles. The summed E-state index contributed by atoms with van der Waals surface area (Å²) in [6.45, 7) is 1.26. The molecule has 3 aromatic rings. The molecule has 5 rings (SSSR count). The van der Waals surface area contributed by atoms with Crippen molar-refractivity contribution in [3.63, 3.8) is 0 Å². The Morgan fingerprint density at radius 3 is 2.63 bits per heavy atom. The zero-order valence-electron chi connectivity index (χ0n) is 20.1. The van der Waals surface area contributed by atoms with Crippen LogP contribution >= 0.6 is 0 Å². The maximum absolute atomic E-state index is 13.4. The van der Waals surface area contributed by atoms with E-state index in [0.29, 0.717) is 19.1 Å². The van der Waals surface area contributed by atoms with Crippen molar-refractivity contribution in [2.75, 3.05) is 11.9 Å². The minimum absolute atomic E-state index is 0.0788. The van der Waals surface area contributed by atoms with Crippen molar-refractivity contribution in [3.05, 3.63) is 94.8 Å². The fourth-order valence-corrected chi connectivity index (χ4v) is 6.14. The molecule has 1 saturated carbocycles. The fraction of sp³-hybridized carbons (Fsp3) is 0.367. The van der Waals surface area contributed by atoms with Gasteiger partial charge in [0.1, 0.15) is 5.82 Å². The van der Waals surface area contributed by atoms with Gasteiger partial charge in [-0.15, -0.1) is 0 Å². The molecule has 3 aromatic carbocycles. The topological polar surface area (TPSA) is 71.1 Å². The van der Waals surface area contributed by atoms with Gasteiger partial charge in [-0.1, -0.05) is 30.3 Å². The average molecular weight is 472 g/mol. The predicted octanol–water partition coefficient (Wildman–Crippen LogP) is 6.49. The van der Waals surface area contributed by atoms with Gasteiger partial charge in [-0.05, 0) is 97.5 Å². The Morgan fingerprint density at radius 2 is 1.89 bits per heavy atom. The number of hydrogen-bond acceptors (Lipinski definition) is 4. The summed E-state index contributed by atoms with van der Waals surface area (Å²) in [4.78, 5) is 0. The molecule has 35 heavy (non-hydrogen) atoms. The number of nitrogens with two attached hydrogens (primary N) is 1. The minimum Gasteiger partial charge on any atom is -0.374 e. The van der Waals surface area contributed by atoms with Crippen LogP contribution in [-0.4, -0.2) is 18.9 Å². The number of nitrogens with one attached hydrogen (secondary N) is 2. The second-order valence-electron chi connectivity index (χ2n) is 10.0. The maximum atomic E-state index is 13.4. The highest BCUT2D eigenvalue weighted by molar-refractivity contribution is 5.88. The Labute approximate surface area is 207 Å². The van der Waals surface area contributed by atoms with Crippen molar-refractivity contribution in [1.29, 1.82) is 5.41 Å². The van der Waals surface area contributed by atoms with Gasteiger partial charge in [0.15, 0.2) is 0 Å². The number of hydrogen-bond donors (Lipinski definition) is 3. The molecule has 1 fully saturated rings. The second-order valence-corrected chi connectivity index (χ2v) is 10.0. The number of aryl methyl sites for hydroxylation is 1. The quantitative estimate of drug-likeness (QED) is 0.345. The molecule has 2 aliphatic carbocycles. The van der Waals surface area contributed by atoms with Gasteiger partial charge in [0.05, 0.1) is 12.7 Å². The van der Waals surface area contributed by atoms with Gasteiger partial charge in [-0.2, -0.15) is 0 Å². The number of anilines is 2. The molecular weight excluding hydrogens is 437 g/mol. The zero-order chi connectivity index (χ0) is 24.3. The van der Waals surface area contributed by atoms with Crippen LogP contribution in [0.3, 0.4) is 0 Å². The van der Waals surface area contributed by atoms with Gasteiger partial charge in [-0.3, -0.25) is 0 Å². The second kappa shape index (κ2) is 10.3. The summed E-state index contributed by atoms with van der Waals surface area (Å²) in [5, 5.41) is 11.5. The highest BCUT2D eigenvalue weighted by Crippen LogP contribution is 2.50. The Morgan fingerprint density at radius 1 is 1.09 bits per heavy atom. The van der Waals surface area contributed by atoms with Crippen LogP contribution in [0.4, 0.5) is 15.8 Å². The molecule has 3 unspecified atom stereocenters. The minimum atomic E-state index is -0.260. The lowest BCUT2D eigenvalue weighted by Gasteiger charge is -2.46. The molecule has 4 N–H and O–H groups in total. The van der Waals surface area contributed by atoms with Crippen LogP contribution in [0.2, 0.25) is 0 Å². The van der Waals surface area contributed by atoms with E-state index in [0.717, 1.165) is 55.5 Å². The molecule has 4 nitrogen and oxygen atoms in total. The van der Waals surface area contributed by atoms with Crippen LogP contribution in [0.1, 0.15) is 54.4 Å². The number of halogens is 1. The summed E-state index contributed by atoms with van der Waals surface area (Å²) in [6, 6.07) is 21.1. The summed E-state index contributed by atoms with van der Waals surface area (Å²) < 4.78 is 19.7. The molecule has 182 valence electrons. The van der Waals surface area contributed by atoms with E-state index >= 15 is 0 Å². The molecule has 0 radical (unpaired) electrons. The summed E-state index contributed by atoms with van der Waals surface area (Å²) in [5.41, 5.74) is 12.9. The molecule has 0 amide bonds. The molecule has 5 heteroatoms. The van der Waals surface area contributed by atoms with Crippen LogP contribution in [0.25, 0.3) is 0 Å². The third-order valence-corrected chi connectivity index (χ3v) is 8.02. The van der Waals surface area contributed by atoms with Crippen LogP contribution in [-0.2, 0) is 23.2 Å². The molecule has 2 aliphatic rings. The highest BCUT2D eigenvalue weighted by atomic mass is 19.1. The standard InChI is InChI=1S/C30H34FN3O/c31-25-9-11-26(12-10-25)34-29-16-22-7-4-8-24-17-27(35-19-21-5-2-1-3-6-21)13-14-30(24,20-33)28(22)15-23(29)18-32/h1-3,5-6,9-12,15-16,18,24,27,32,34H,4,7-8,13-14,17,19-20,33H2. The SMILES string of the molecule is N=Cc1cc2c(cc1Nc1ccc(F)cc1)CCCC1CC(OCc3ccccc3)CCC21CN. The molecule has 0 bridgehead atoms. The Balaban J connectivity index is 1.40. The molecule has 0 saturated heterocycles. The van der Waals surface area contributed by atoms with E-state index in [1.807, 2.05) is 6.07 Å². The van der Waals surface area contributed by atoms with Gasteiger partial charge >= 0.3 is 0 Å². The van der Waals surface area contributed by atoms with Gasteiger partial charge < -0.3 is 21.2 Å². The zero-order valence-corrected chi connectivity index (χ0v) is 20.1. The van der Waals surface area contributed by atoms with Crippen LogP contribution < -0.4 is 11.1 Å². The summed E-state index contributed by atoms with van der Waals surface area (Å²) in [6.07, 6.45) is 7.94. The van der Waals surface area contributed by atoms with E-state index in [-0.39, 0.29) is 17.3 Å². The predicted molar refractivity (Wildman–Crippen MR) is 140 cm³/mol. The van der Waals surface area contributed by atoms with E-state index in [1.165, 1.54) is 35.0 Å². The monoisotopic (exact) mass is 471 g/mol. The fourth-order valence-electron chi connectivity index (χ4n) is 6.14. The first kappa shape index (κ1) is 23.7. The van der Waals surface area contributed by atoms with Gasteiger partial charge in [0.2, 0.25) is 0 Å². The van der Waals surface area contributed by atoms with E-state index in [1.54, 1.807) is 12.1 Å². The summed E-state index contributed by atoms with van der Waals surface area (Å²) >= 11 is 0. The summed E-state index contributed by atoms with van der Waals surface area (Å²) in [5.74, 6) is 0.210. The smallest absolute Gasteiger partial charge is 0.123 e. The van der Waals surface area contributed by atoms with Crippen LogP contribution in [0.15, 0.2) is 66.7 Å². The van der Waals surface area contributed by atoms with E-state index in [2.05, 4.69) is 41.7 Å². The number of fused-ring (bicyclic) bond motifs is 3. The van der Waals surface area contributed by atoms with Crippen LogP contribution in [0, 0.1) is 17.1 Å². The van der Waals surface area contributed by atoms with E-state index < -0.39 is 0 Å². The number of benzene rings is 3. The van der Waals surface area contributed by atoms with Crippen molar-refractivity contribution >= 4 is 17.6 Å². The first-order chi connectivity index (χ1) is 17.1. The lowest BCUT2D eigenvalue weighted by atomic mass is 9.60. The van der Waals surface area contributed by atoms with Crippen LogP contribution in [0.5, 0.6) is 0 Å². The van der Waals surface area contributed by atoms with Crippen molar-refractivity contribution in [2.24, 2.45) is 11.7 Å². The average Bonchev–Trinajstić information content (AvgIpc) is 3.05. The largest absolute Gasteiger partial charge is 0.374 e. The van der Waals surface area contributed by atoms with E-state index in [4.69, 9.17) is 15.9 Å².